The maximum atomic E-state index is 14.7. The zero-order valence-electron chi connectivity index (χ0n) is 23.3. The molecule has 8 heteroatoms. The van der Waals surface area contributed by atoms with Crippen molar-refractivity contribution in [1.82, 2.24) is 9.55 Å². The Balaban J connectivity index is 1.46. The summed E-state index contributed by atoms with van der Waals surface area (Å²) in [4.78, 5) is 32.9. The Morgan fingerprint density at radius 1 is 0.951 bits per heavy atom. The molecule has 7 nitrogen and oxygen atoms in total. The van der Waals surface area contributed by atoms with Gasteiger partial charge in [-0.05, 0) is 61.2 Å². The molecule has 1 saturated carbocycles. The van der Waals surface area contributed by atoms with Crippen LogP contribution in [0.4, 0.5) is 5.69 Å². The molecule has 210 valence electrons. The van der Waals surface area contributed by atoms with E-state index in [1.165, 1.54) is 23.7 Å². The predicted molar refractivity (Wildman–Crippen MR) is 163 cm³/mol. The van der Waals surface area contributed by atoms with Crippen LogP contribution in [0.25, 0.3) is 16.9 Å². The van der Waals surface area contributed by atoms with Crippen LogP contribution < -0.4 is 20.3 Å². The molecular weight excluding hydrogens is 534 g/mol. The number of carbonyl (C=O) groups is 1. The summed E-state index contributed by atoms with van der Waals surface area (Å²) < 4.78 is 12.4. The first kappa shape index (κ1) is 27.1. The van der Waals surface area contributed by atoms with E-state index in [2.05, 4.69) is 23.5 Å². The number of hydrogen-bond donors (Lipinski definition) is 1. The molecule has 1 spiro atoms. The second-order valence-electron chi connectivity index (χ2n) is 10.7. The Hall–Kier alpha value is -4.04. The minimum atomic E-state index is -0.231. The molecule has 0 aliphatic heterocycles. The van der Waals surface area contributed by atoms with Gasteiger partial charge in [0.15, 0.2) is 5.16 Å². The first-order chi connectivity index (χ1) is 20.0. The van der Waals surface area contributed by atoms with Crippen molar-refractivity contribution < 1.29 is 14.3 Å². The molecule has 1 heterocycles. The van der Waals surface area contributed by atoms with Gasteiger partial charge in [-0.1, -0.05) is 67.4 Å². The number of methoxy groups -OCH3 is 2. The van der Waals surface area contributed by atoms with Gasteiger partial charge in [-0.25, -0.2) is 4.98 Å². The number of carbonyl (C=O) groups excluding carboxylic acids is 1. The number of thioether (sulfide) groups is 1. The van der Waals surface area contributed by atoms with Crippen LogP contribution >= 0.6 is 11.8 Å². The zero-order valence-corrected chi connectivity index (χ0v) is 24.1. The smallest absolute Gasteiger partial charge is 0.263 e. The van der Waals surface area contributed by atoms with E-state index in [4.69, 9.17) is 14.5 Å². The molecule has 0 radical (unpaired) electrons. The molecular formula is C33H33N3O4S. The number of hydrogen-bond acceptors (Lipinski definition) is 6. The molecule has 3 aromatic carbocycles. The number of ether oxygens (including phenoxy) is 2. The minimum absolute atomic E-state index is 0.0517. The fourth-order valence-corrected chi connectivity index (χ4v) is 7.11. The summed E-state index contributed by atoms with van der Waals surface area (Å²) >= 11 is 1.26. The molecule has 0 bridgehead atoms. The summed E-state index contributed by atoms with van der Waals surface area (Å²) in [6.45, 7) is 0. The zero-order chi connectivity index (χ0) is 28.4. The second kappa shape index (κ2) is 11.4. The Bertz CT molecular complexity index is 1640. The maximum absolute atomic E-state index is 14.7. The topological polar surface area (TPSA) is 82.4 Å². The van der Waals surface area contributed by atoms with Crippen LogP contribution in [0.1, 0.15) is 43.2 Å². The SMILES string of the molecule is COc1ccc(-n2c(SCC(=O)Nc3ccccc3OC)nc3c(c2=O)C2(CCCCC2)Cc2ccccc2-3)cc1. The molecule has 6 rings (SSSR count). The lowest BCUT2D eigenvalue weighted by Gasteiger charge is -2.42. The lowest BCUT2D eigenvalue weighted by atomic mass is 9.62. The van der Waals surface area contributed by atoms with Gasteiger partial charge in [-0.2, -0.15) is 0 Å². The van der Waals surface area contributed by atoms with Gasteiger partial charge in [-0.15, -0.1) is 0 Å². The van der Waals surface area contributed by atoms with Crippen molar-refractivity contribution in [2.75, 3.05) is 25.3 Å². The van der Waals surface area contributed by atoms with Gasteiger partial charge in [0.25, 0.3) is 5.56 Å². The van der Waals surface area contributed by atoms with Crippen molar-refractivity contribution >= 4 is 23.4 Å². The minimum Gasteiger partial charge on any atom is -0.497 e. The number of para-hydroxylation sites is 2. The van der Waals surface area contributed by atoms with Crippen molar-refractivity contribution in [1.29, 1.82) is 0 Å². The first-order valence-electron chi connectivity index (χ1n) is 14.0. The average molecular weight is 568 g/mol. The van der Waals surface area contributed by atoms with Crippen molar-refractivity contribution in [2.45, 2.75) is 49.1 Å². The van der Waals surface area contributed by atoms with Crippen LogP contribution in [0, 0.1) is 0 Å². The summed E-state index contributed by atoms with van der Waals surface area (Å²) in [7, 11) is 3.19. The summed E-state index contributed by atoms with van der Waals surface area (Å²) in [6.07, 6.45) is 6.19. The van der Waals surface area contributed by atoms with Crippen LogP contribution in [0.3, 0.4) is 0 Å². The van der Waals surface area contributed by atoms with Gasteiger partial charge in [0.05, 0.1) is 42.6 Å². The highest BCUT2D eigenvalue weighted by Gasteiger charge is 2.43. The van der Waals surface area contributed by atoms with Crippen molar-refractivity contribution in [3.05, 3.63) is 94.3 Å². The van der Waals surface area contributed by atoms with E-state index in [-0.39, 0.29) is 22.6 Å². The molecule has 2 aliphatic rings. The van der Waals surface area contributed by atoms with E-state index in [0.717, 1.165) is 48.9 Å². The Kier molecular flexibility index (Phi) is 7.58. The Morgan fingerprint density at radius 3 is 2.44 bits per heavy atom. The van der Waals surface area contributed by atoms with Crippen molar-refractivity contribution in [2.24, 2.45) is 0 Å². The quantitative estimate of drug-likeness (QED) is 0.205. The van der Waals surface area contributed by atoms with Crippen molar-refractivity contribution in [3.8, 4) is 28.4 Å². The molecule has 0 atom stereocenters. The van der Waals surface area contributed by atoms with Gasteiger partial charge in [0.1, 0.15) is 11.5 Å². The molecule has 1 fully saturated rings. The molecule has 41 heavy (non-hydrogen) atoms. The number of nitrogens with zero attached hydrogens (tertiary/aromatic N) is 2. The molecule has 4 aromatic rings. The van der Waals surface area contributed by atoms with Crippen molar-refractivity contribution in [3.63, 3.8) is 0 Å². The van der Waals surface area contributed by atoms with Crippen LogP contribution in [0.15, 0.2) is 82.7 Å². The number of amides is 1. The van der Waals surface area contributed by atoms with E-state index >= 15 is 0 Å². The lowest BCUT2D eigenvalue weighted by molar-refractivity contribution is -0.113. The largest absolute Gasteiger partial charge is 0.497 e. The van der Waals surface area contributed by atoms with Crippen LogP contribution in [0.5, 0.6) is 11.5 Å². The highest BCUT2D eigenvalue weighted by molar-refractivity contribution is 7.99. The van der Waals surface area contributed by atoms with E-state index in [9.17, 15) is 9.59 Å². The molecule has 1 amide bonds. The van der Waals surface area contributed by atoms with Gasteiger partial charge >= 0.3 is 0 Å². The maximum Gasteiger partial charge on any atom is 0.263 e. The van der Waals surface area contributed by atoms with Gasteiger partial charge in [0.2, 0.25) is 5.91 Å². The number of anilines is 1. The molecule has 2 aliphatic carbocycles. The number of rotatable bonds is 7. The van der Waals surface area contributed by atoms with E-state index in [1.54, 1.807) is 30.9 Å². The summed E-state index contributed by atoms with van der Waals surface area (Å²) in [5.41, 5.74) is 4.84. The number of fused-ring (bicyclic) bond motifs is 4. The normalized spacial score (nSPS) is 15.1. The number of nitrogens with one attached hydrogen (secondary N) is 1. The Morgan fingerprint density at radius 2 is 1.68 bits per heavy atom. The molecule has 0 saturated heterocycles. The van der Waals surface area contributed by atoms with Crippen LogP contribution in [-0.4, -0.2) is 35.4 Å². The highest BCUT2D eigenvalue weighted by atomic mass is 32.2. The third kappa shape index (κ3) is 5.12. The van der Waals surface area contributed by atoms with Crippen LogP contribution in [0.2, 0.25) is 0 Å². The van der Waals surface area contributed by atoms with Gasteiger partial charge in [0, 0.05) is 11.0 Å². The van der Waals surface area contributed by atoms with E-state index in [1.807, 2.05) is 42.5 Å². The van der Waals surface area contributed by atoms with E-state index < -0.39 is 0 Å². The summed E-state index contributed by atoms with van der Waals surface area (Å²) in [5, 5.41) is 3.41. The second-order valence-corrected chi connectivity index (χ2v) is 11.6. The summed E-state index contributed by atoms with van der Waals surface area (Å²) in [6, 6.07) is 23.0. The van der Waals surface area contributed by atoms with Gasteiger partial charge in [-0.3, -0.25) is 14.2 Å². The fourth-order valence-electron chi connectivity index (χ4n) is 6.31. The van der Waals surface area contributed by atoms with E-state index in [0.29, 0.717) is 28.0 Å². The molecule has 1 aromatic heterocycles. The van der Waals surface area contributed by atoms with Gasteiger partial charge < -0.3 is 14.8 Å². The third-order valence-electron chi connectivity index (χ3n) is 8.24. The van der Waals surface area contributed by atoms with Crippen LogP contribution in [-0.2, 0) is 16.6 Å². The fraction of sp³-hybridized carbons (Fsp3) is 0.303. The number of benzene rings is 3. The summed E-state index contributed by atoms with van der Waals surface area (Å²) in [5.74, 6) is 1.15. The number of aromatic nitrogens is 2. The Labute approximate surface area is 243 Å². The molecule has 1 N–H and O–H groups in total. The third-order valence-corrected chi connectivity index (χ3v) is 9.18. The standard InChI is InChI=1S/C33H33N3O4S/c1-39-24-16-14-23(15-17-24)36-31(38)29-30(25-11-5-4-10-22(25)20-33(29)18-8-3-9-19-33)35-32(36)41-21-28(37)34-26-12-6-7-13-27(26)40-2/h4-7,10-17H,3,8-9,18-21H2,1-2H3,(H,34,37). The first-order valence-corrected chi connectivity index (χ1v) is 15.0. The average Bonchev–Trinajstić information content (AvgIpc) is 3.00. The molecule has 0 unspecified atom stereocenters. The monoisotopic (exact) mass is 567 g/mol. The predicted octanol–water partition coefficient (Wildman–Crippen LogP) is 6.41. The highest BCUT2D eigenvalue weighted by Crippen LogP contribution is 2.49. The lowest BCUT2D eigenvalue weighted by Crippen LogP contribution is -2.43.